The zero-order valence-corrected chi connectivity index (χ0v) is 15.7. The van der Waals surface area contributed by atoms with Gasteiger partial charge in [-0.15, -0.1) is 0 Å². The molecular weight excluding hydrogens is 358 g/mol. The second kappa shape index (κ2) is 6.96. The van der Waals surface area contributed by atoms with Crippen LogP contribution in [0.15, 0.2) is 77.8 Å². The minimum Gasteiger partial charge on any atom is -0.261 e. The van der Waals surface area contributed by atoms with Gasteiger partial charge in [0.15, 0.2) is 0 Å². The molecule has 6 heteroatoms. The summed E-state index contributed by atoms with van der Waals surface area (Å²) in [5, 5.41) is 0. The summed E-state index contributed by atoms with van der Waals surface area (Å²) in [4.78, 5) is 9.17. The number of nitrogens with zero attached hydrogens (tertiary/aromatic N) is 3. The van der Waals surface area contributed by atoms with Gasteiger partial charge in [0.1, 0.15) is 5.82 Å². The lowest BCUT2D eigenvalue weighted by atomic mass is 10.2. The molecule has 0 aliphatic rings. The summed E-state index contributed by atoms with van der Waals surface area (Å²) in [7, 11) is -3.74. The Bertz CT molecular complexity index is 1180. The molecule has 0 bridgehead atoms. The van der Waals surface area contributed by atoms with Gasteiger partial charge < -0.3 is 0 Å². The largest absolute Gasteiger partial charge is 0.269 e. The Morgan fingerprint density at radius 2 is 1.63 bits per heavy atom. The summed E-state index contributed by atoms with van der Waals surface area (Å²) in [5.74, 6) is 0.516. The second-order valence-electron chi connectivity index (χ2n) is 6.42. The molecule has 136 valence electrons. The lowest BCUT2D eigenvalue weighted by molar-refractivity contribution is 0.585. The Morgan fingerprint density at radius 1 is 0.889 bits per heavy atom. The van der Waals surface area contributed by atoms with Crippen molar-refractivity contribution in [1.82, 2.24) is 13.9 Å². The zero-order chi connectivity index (χ0) is 18.9. The topological polar surface area (TPSA) is 64.8 Å². The maximum Gasteiger partial charge on any atom is 0.269 e. The SMILES string of the molecule is Cc1ccc(S(=O)(=O)n2c(CCc3ccccn3)nc3ccccc32)cc1. The Balaban J connectivity index is 1.81. The standard InChI is InChI=1S/C21H19N3O2S/c1-16-9-12-18(13-10-16)27(25,26)24-20-8-3-2-7-19(20)23-21(24)14-11-17-6-4-5-15-22-17/h2-10,12-13,15H,11,14H2,1H3. The van der Waals surface area contributed by atoms with Gasteiger partial charge in [0.2, 0.25) is 0 Å². The number of para-hydroxylation sites is 2. The molecule has 0 saturated heterocycles. The van der Waals surface area contributed by atoms with Gasteiger partial charge in [0.25, 0.3) is 10.0 Å². The van der Waals surface area contributed by atoms with E-state index in [-0.39, 0.29) is 4.90 Å². The van der Waals surface area contributed by atoms with Crippen molar-refractivity contribution < 1.29 is 8.42 Å². The smallest absolute Gasteiger partial charge is 0.261 e. The number of pyridine rings is 1. The predicted molar refractivity (Wildman–Crippen MR) is 105 cm³/mol. The van der Waals surface area contributed by atoms with Crippen LogP contribution in [0.3, 0.4) is 0 Å². The molecule has 0 atom stereocenters. The van der Waals surface area contributed by atoms with Crippen molar-refractivity contribution >= 4 is 21.1 Å². The van der Waals surface area contributed by atoms with Crippen molar-refractivity contribution in [2.24, 2.45) is 0 Å². The van der Waals surface area contributed by atoms with Crippen molar-refractivity contribution in [3.63, 3.8) is 0 Å². The van der Waals surface area contributed by atoms with Crippen LogP contribution >= 0.6 is 0 Å². The van der Waals surface area contributed by atoms with Crippen LogP contribution in [0.5, 0.6) is 0 Å². The van der Waals surface area contributed by atoms with E-state index in [1.54, 1.807) is 36.5 Å². The third-order valence-corrected chi connectivity index (χ3v) is 6.23. The van der Waals surface area contributed by atoms with E-state index in [1.165, 1.54) is 3.97 Å². The molecular formula is C21H19N3O2S. The molecule has 0 unspecified atom stereocenters. The van der Waals surface area contributed by atoms with Gasteiger partial charge in [-0.1, -0.05) is 35.9 Å². The van der Waals surface area contributed by atoms with Gasteiger partial charge in [-0.25, -0.2) is 17.4 Å². The molecule has 0 N–H and O–H groups in total. The number of hydrogen-bond acceptors (Lipinski definition) is 4. The molecule has 0 aliphatic heterocycles. The lowest BCUT2D eigenvalue weighted by Crippen LogP contribution is -2.16. The number of benzene rings is 2. The number of imidazole rings is 1. The van der Waals surface area contributed by atoms with Crippen LogP contribution in [-0.4, -0.2) is 22.4 Å². The van der Waals surface area contributed by atoms with Crippen LogP contribution in [0.4, 0.5) is 0 Å². The Hall–Kier alpha value is -2.99. The van der Waals surface area contributed by atoms with Gasteiger partial charge in [-0.3, -0.25) is 4.98 Å². The van der Waals surface area contributed by atoms with Crippen LogP contribution in [0, 0.1) is 6.92 Å². The van der Waals surface area contributed by atoms with Gasteiger partial charge in [-0.2, -0.15) is 0 Å². The maximum atomic E-state index is 13.4. The molecule has 0 aliphatic carbocycles. The summed E-state index contributed by atoms with van der Waals surface area (Å²) < 4.78 is 28.1. The molecule has 0 amide bonds. The molecule has 2 aromatic carbocycles. The average Bonchev–Trinajstić information content (AvgIpc) is 3.07. The molecule has 0 saturated carbocycles. The number of fused-ring (bicyclic) bond motifs is 1. The highest BCUT2D eigenvalue weighted by atomic mass is 32.2. The normalized spacial score (nSPS) is 11.7. The van der Waals surface area contributed by atoms with E-state index in [4.69, 9.17) is 0 Å². The van der Waals surface area contributed by atoms with Crippen LogP contribution in [-0.2, 0) is 22.9 Å². The first-order valence-corrected chi connectivity index (χ1v) is 10.2. The fourth-order valence-corrected chi connectivity index (χ4v) is 4.59. The van der Waals surface area contributed by atoms with Crippen molar-refractivity contribution in [3.05, 3.63) is 90.0 Å². The fraction of sp³-hybridized carbons (Fsp3) is 0.143. The highest BCUT2D eigenvalue weighted by Crippen LogP contribution is 2.24. The molecule has 2 aromatic heterocycles. The summed E-state index contributed by atoms with van der Waals surface area (Å²) in [5.41, 5.74) is 3.18. The first-order valence-electron chi connectivity index (χ1n) is 8.74. The fourth-order valence-electron chi connectivity index (χ4n) is 3.08. The minimum atomic E-state index is -3.74. The van der Waals surface area contributed by atoms with Crippen molar-refractivity contribution in [1.29, 1.82) is 0 Å². The number of hydrogen-bond donors (Lipinski definition) is 0. The minimum absolute atomic E-state index is 0.260. The van der Waals surface area contributed by atoms with E-state index in [0.717, 1.165) is 11.3 Å². The third kappa shape index (κ3) is 3.36. The van der Waals surface area contributed by atoms with Crippen LogP contribution in [0.25, 0.3) is 11.0 Å². The summed E-state index contributed by atoms with van der Waals surface area (Å²) in [6.45, 7) is 1.93. The molecule has 0 fully saturated rings. The van der Waals surface area contributed by atoms with Gasteiger partial charge in [0.05, 0.1) is 15.9 Å². The predicted octanol–water partition coefficient (Wildman–Crippen LogP) is 3.76. The zero-order valence-electron chi connectivity index (χ0n) is 14.9. The monoisotopic (exact) mass is 377 g/mol. The van der Waals surface area contributed by atoms with Crippen molar-refractivity contribution in [2.45, 2.75) is 24.7 Å². The molecule has 2 heterocycles. The highest BCUT2D eigenvalue weighted by Gasteiger charge is 2.24. The van der Waals surface area contributed by atoms with Gasteiger partial charge in [-0.05, 0) is 49.7 Å². The first-order chi connectivity index (χ1) is 13.1. The molecule has 0 spiro atoms. The van der Waals surface area contributed by atoms with E-state index in [1.807, 2.05) is 43.3 Å². The van der Waals surface area contributed by atoms with Crippen LogP contribution < -0.4 is 0 Å². The molecule has 5 nitrogen and oxygen atoms in total. The molecule has 4 rings (SSSR count). The summed E-state index contributed by atoms with van der Waals surface area (Å²) >= 11 is 0. The van der Waals surface area contributed by atoms with E-state index in [2.05, 4.69) is 9.97 Å². The maximum absolute atomic E-state index is 13.4. The van der Waals surface area contributed by atoms with Crippen LogP contribution in [0.2, 0.25) is 0 Å². The number of rotatable bonds is 5. The Labute approximate surface area is 158 Å². The number of aromatic nitrogens is 3. The third-order valence-electron chi connectivity index (χ3n) is 4.47. The lowest BCUT2D eigenvalue weighted by Gasteiger charge is -2.11. The van der Waals surface area contributed by atoms with E-state index in [9.17, 15) is 8.42 Å². The van der Waals surface area contributed by atoms with E-state index < -0.39 is 10.0 Å². The second-order valence-corrected chi connectivity index (χ2v) is 8.21. The average molecular weight is 377 g/mol. The van der Waals surface area contributed by atoms with Gasteiger partial charge in [0, 0.05) is 18.3 Å². The van der Waals surface area contributed by atoms with Crippen molar-refractivity contribution in [2.75, 3.05) is 0 Å². The molecule has 4 aromatic rings. The molecule has 0 radical (unpaired) electrons. The van der Waals surface area contributed by atoms with Crippen LogP contribution in [0.1, 0.15) is 17.1 Å². The number of aryl methyl sites for hydroxylation is 3. The quantitative estimate of drug-likeness (QED) is 0.531. The Kier molecular flexibility index (Phi) is 4.49. The summed E-state index contributed by atoms with van der Waals surface area (Å²) in [6.07, 6.45) is 2.84. The summed E-state index contributed by atoms with van der Waals surface area (Å²) in [6, 6.07) is 19.9. The van der Waals surface area contributed by atoms with Gasteiger partial charge >= 0.3 is 0 Å². The van der Waals surface area contributed by atoms with E-state index in [0.29, 0.717) is 29.7 Å². The Morgan fingerprint density at radius 3 is 2.37 bits per heavy atom. The van der Waals surface area contributed by atoms with Crippen molar-refractivity contribution in [3.8, 4) is 0 Å². The first kappa shape index (κ1) is 17.4. The van der Waals surface area contributed by atoms with E-state index >= 15 is 0 Å². The highest BCUT2D eigenvalue weighted by molar-refractivity contribution is 7.90. The molecule has 27 heavy (non-hydrogen) atoms.